The van der Waals surface area contributed by atoms with Crippen molar-refractivity contribution in [3.05, 3.63) is 52.5 Å². The number of nitrogens with two attached hydrogens (primary N) is 2. The van der Waals surface area contributed by atoms with Crippen LogP contribution in [0.2, 0.25) is 0 Å². The van der Waals surface area contributed by atoms with Gasteiger partial charge >= 0.3 is 0 Å². The molecule has 0 aliphatic carbocycles. The van der Waals surface area contributed by atoms with Gasteiger partial charge < -0.3 is 21.5 Å². The molecular formula is C15H16BrN3O2. The third-order valence-corrected chi connectivity index (χ3v) is 3.40. The standard InChI is InChI=1S/C15H16BrN3O2/c16-14-9-11(4-5-13(14)15(18)20)19-10-2-1-3-12(8-10)21-7-6-17/h1-5,8-9,19H,6-7,17H2,(H2,18,20). The monoisotopic (exact) mass is 349 g/mol. The van der Waals surface area contributed by atoms with E-state index >= 15 is 0 Å². The SMILES string of the molecule is NCCOc1cccc(Nc2ccc(C(N)=O)c(Br)c2)c1. The molecule has 0 heterocycles. The van der Waals surface area contributed by atoms with Gasteiger partial charge in [-0.05, 0) is 46.3 Å². The first-order valence-electron chi connectivity index (χ1n) is 6.39. The Morgan fingerprint density at radius 1 is 1.19 bits per heavy atom. The summed E-state index contributed by atoms with van der Waals surface area (Å²) in [4.78, 5) is 11.2. The maximum Gasteiger partial charge on any atom is 0.249 e. The Kier molecular flexibility index (Phi) is 5.19. The lowest BCUT2D eigenvalue weighted by Crippen LogP contribution is -2.11. The molecule has 0 bridgehead atoms. The van der Waals surface area contributed by atoms with Gasteiger partial charge in [0.2, 0.25) is 5.91 Å². The zero-order chi connectivity index (χ0) is 15.2. The minimum absolute atomic E-state index is 0.445. The first kappa shape index (κ1) is 15.3. The Morgan fingerprint density at radius 3 is 2.62 bits per heavy atom. The fourth-order valence-corrected chi connectivity index (χ4v) is 2.37. The molecule has 0 unspecified atom stereocenters. The van der Waals surface area contributed by atoms with Crippen LogP contribution in [-0.2, 0) is 0 Å². The molecule has 21 heavy (non-hydrogen) atoms. The number of nitrogens with one attached hydrogen (secondary N) is 1. The first-order valence-corrected chi connectivity index (χ1v) is 7.19. The van der Waals surface area contributed by atoms with Crippen LogP contribution >= 0.6 is 15.9 Å². The molecule has 5 nitrogen and oxygen atoms in total. The van der Waals surface area contributed by atoms with Crippen LogP contribution in [0.25, 0.3) is 0 Å². The minimum Gasteiger partial charge on any atom is -0.492 e. The van der Waals surface area contributed by atoms with Crippen molar-refractivity contribution < 1.29 is 9.53 Å². The van der Waals surface area contributed by atoms with Gasteiger partial charge in [0, 0.05) is 28.5 Å². The van der Waals surface area contributed by atoms with E-state index < -0.39 is 5.91 Å². The van der Waals surface area contributed by atoms with E-state index in [0.29, 0.717) is 23.2 Å². The first-order chi connectivity index (χ1) is 10.1. The van der Waals surface area contributed by atoms with Gasteiger partial charge in [-0.2, -0.15) is 0 Å². The van der Waals surface area contributed by atoms with E-state index in [1.807, 2.05) is 24.3 Å². The molecule has 0 atom stereocenters. The summed E-state index contributed by atoms with van der Waals surface area (Å²) in [6.07, 6.45) is 0. The van der Waals surface area contributed by atoms with E-state index in [0.717, 1.165) is 17.1 Å². The highest BCUT2D eigenvalue weighted by Crippen LogP contribution is 2.25. The predicted molar refractivity (Wildman–Crippen MR) is 86.9 cm³/mol. The van der Waals surface area contributed by atoms with Crippen LogP contribution < -0.4 is 21.5 Å². The second kappa shape index (κ2) is 7.10. The van der Waals surface area contributed by atoms with E-state index in [-0.39, 0.29) is 0 Å². The third-order valence-electron chi connectivity index (χ3n) is 2.74. The Labute approximate surface area is 131 Å². The van der Waals surface area contributed by atoms with Crippen molar-refractivity contribution in [2.45, 2.75) is 0 Å². The predicted octanol–water partition coefficient (Wildman–Crippen LogP) is 2.63. The fourth-order valence-electron chi connectivity index (χ4n) is 1.80. The molecule has 2 aromatic rings. The van der Waals surface area contributed by atoms with Gasteiger partial charge in [-0.25, -0.2) is 0 Å². The number of halogens is 1. The summed E-state index contributed by atoms with van der Waals surface area (Å²) >= 11 is 3.33. The number of ether oxygens (including phenoxy) is 1. The topological polar surface area (TPSA) is 90.4 Å². The molecular weight excluding hydrogens is 334 g/mol. The van der Waals surface area contributed by atoms with Crippen LogP contribution in [0.3, 0.4) is 0 Å². The Morgan fingerprint density at radius 2 is 1.95 bits per heavy atom. The summed E-state index contributed by atoms with van der Waals surface area (Å²) in [7, 11) is 0. The molecule has 0 aliphatic heterocycles. The van der Waals surface area contributed by atoms with Crippen LogP contribution in [0.15, 0.2) is 46.9 Å². The van der Waals surface area contributed by atoms with E-state index in [1.54, 1.807) is 18.2 Å². The number of carbonyl (C=O) groups is 1. The van der Waals surface area contributed by atoms with E-state index in [9.17, 15) is 4.79 Å². The lowest BCUT2D eigenvalue weighted by Gasteiger charge is -2.10. The van der Waals surface area contributed by atoms with Crippen LogP contribution in [0.5, 0.6) is 5.75 Å². The molecule has 1 amide bonds. The van der Waals surface area contributed by atoms with Crippen molar-refractivity contribution in [1.29, 1.82) is 0 Å². The number of primary amides is 1. The van der Waals surface area contributed by atoms with Gasteiger partial charge in [-0.3, -0.25) is 4.79 Å². The molecule has 0 spiro atoms. The van der Waals surface area contributed by atoms with Gasteiger partial charge in [-0.15, -0.1) is 0 Å². The molecule has 5 N–H and O–H groups in total. The second-order valence-electron chi connectivity index (χ2n) is 4.35. The quantitative estimate of drug-likeness (QED) is 0.747. The van der Waals surface area contributed by atoms with Crippen molar-refractivity contribution in [2.24, 2.45) is 11.5 Å². The highest BCUT2D eigenvalue weighted by molar-refractivity contribution is 9.10. The summed E-state index contributed by atoms with van der Waals surface area (Å²) in [5.41, 5.74) is 12.8. The summed E-state index contributed by atoms with van der Waals surface area (Å²) in [6, 6.07) is 12.8. The number of benzene rings is 2. The molecule has 0 fully saturated rings. The number of amides is 1. The minimum atomic E-state index is -0.467. The van der Waals surface area contributed by atoms with Gasteiger partial charge in [0.15, 0.2) is 0 Å². The third kappa shape index (κ3) is 4.21. The van der Waals surface area contributed by atoms with Gasteiger partial charge in [0.25, 0.3) is 0 Å². The van der Waals surface area contributed by atoms with Crippen LogP contribution in [0.4, 0.5) is 11.4 Å². The van der Waals surface area contributed by atoms with Crippen LogP contribution in [-0.4, -0.2) is 19.1 Å². The Bertz CT molecular complexity index is 647. The van der Waals surface area contributed by atoms with E-state index in [2.05, 4.69) is 21.2 Å². The molecule has 0 saturated heterocycles. The number of carbonyl (C=O) groups excluding carboxylic acids is 1. The maximum absolute atomic E-state index is 11.2. The van der Waals surface area contributed by atoms with Crippen LogP contribution in [0, 0.1) is 0 Å². The van der Waals surface area contributed by atoms with Gasteiger partial charge in [0.1, 0.15) is 12.4 Å². The van der Waals surface area contributed by atoms with Crippen molar-refractivity contribution in [1.82, 2.24) is 0 Å². The van der Waals surface area contributed by atoms with Crippen molar-refractivity contribution in [3.8, 4) is 5.75 Å². The lowest BCUT2D eigenvalue weighted by molar-refractivity contribution is 0.0999. The largest absolute Gasteiger partial charge is 0.492 e. The second-order valence-corrected chi connectivity index (χ2v) is 5.20. The van der Waals surface area contributed by atoms with E-state index in [4.69, 9.17) is 16.2 Å². The average Bonchev–Trinajstić information content (AvgIpc) is 2.45. The Hall–Kier alpha value is -2.05. The molecule has 6 heteroatoms. The molecule has 0 radical (unpaired) electrons. The highest BCUT2D eigenvalue weighted by Gasteiger charge is 2.07. The smallest absolute Gasteiger partial charge is 0.249 e. The number of rotatable bonds is 6. The maximum atomic E-state index is 11.2. The number of anilines is 2. The zero-order valence-corrected chi connectivity index (χ0v) is 12.9. The molecule has 0 aromatic heterocycles. The van der Waals surface area contributed by atoms with Crippen LogP contribution in [0.1, 0.15) is 10.4 Å². The van der Waals surface area contributed by atoms with Crippen molar-refractivity contribution in [3.63, 3.8) is 0 Å². The lowest BCUT2D eigenvalue weighted by atomic mass is 10.2. The summed E-state index contributed by atoms with van der Waals surface area (Å²) in [5.74, 6) is 0.281. The average molecular weight is 350 g/mol. The molecule has 0 saturated carbocycles. The van der Waals surface area contributed by atoms with E-state index in [1.165, 1.54) is 0 Å². The van der Waals surface area contributed by atoms with Gasteiger partial charge in [-0.1, -0.05) is 6.07 Å². The summed E-state index contributed by atoms with van der Waals surface area (Å²) in [5, 5.41) is 3.23. The number of hydrogen-bond donors (Lipinski definition) is 3. The van der Waals surface area contributed by atoms with Crippen molar-refractivity contribution in [2.75, 3.05) is 18.5 Å². The van der Waals surface area contributed by atoms with Gasteiger partial charge in [0.05, 0.1) is 5.56 Å². The Balaban J connectivity index is 2.14. The zero-order valence-electron chi connectivity index (χ0n) is 11.3. The summed E-state index contributed by atoms with van der Waals surface area (Å²) in [6.45, 7) is 0.946. The van der Waals surface area contributed by atoms with Crippen molar-refractivity contribution >= 4 is 33.2 Å². The fraction of sp³-hybridized carbons (Fsp3) is 0.133. The number of hydrogen-bond acceptors (Lipinski definition) is 4. The molecule has 110 valence electrons. The summed E-state index contributed by atoms with van der Waals surface area (Å²) < 4.78 is 6.12. The highest BCUT2D eigenvalue weighted by atomic mass is 79.9. The normalized spacial score (nSPS) is 10.2. The molecule has 2 rings (SSSR count). The molecule has 2 aromatic carbocycles. The molecule has 0 aliphatic rings.